The van der Waals surface area contributed by atoms with Gasteiger partial charge in [-0.15, -0.1) is 0 Å². The second-order valence-electron chi connectivity index (χ2n) is 6.83. The van der Waals surface area contributed by atoms with Gasteiger partial charge >= 0.3 is 12.3 Å². The summed E-state index contributed by atoms with van der Waals surface area (Å²) in [4.78, 5) is 6.34. The fourth-order valence-electron chi connectivity index (χ4n) is 3.30. The summed E-state index contributed by atoms with van der Waals surface area (Å²) in [7, 11) is 0. The number of halogens is 4. The maximum atomic E-state index is 13.1. The van der Waals surface area contributed by atoms with Crippen LogP contribution in [0.15, 0.2) is 12.4 Å². The number of nitrogens with zero attached hydrogens (tertiary/aromatic N) is 3. The summed E-state index contributed by atoms with van der Waals surface area (Å²) in [6.07, 6.45) is 3.80. The van der Waals surface area contributed by atoms with Gasteiger partial charge in [0.25, 0.3) is 0 Å². The van der Waals surface area contributed by atoms with Crippen LogP contribution in [0.5, 0.6) is 0 Å². The predicted molar refractivity (Wildman–Crippen MR) is 78.9 cm³/mol. The van der Waals surface area contributed by atoms with Crippen molar-refractivity contribution < 1.29 is 17.6 Å². The Morgan fingerprint density at radius 2 is 2.04 bits per heavy atom. The fraction of sp³-hybridized carbons (Fsp3) is 0.812. The lowest BCUT2D eigenvalue weighted by molar-refractivity contribution is -0.136. The van der Waals surface area contributed by atoms with Crippen LogP contribution in [0.2, 0.25) is 0 Å². The molecule has 0 amide bonds. The molecule has 3 rings (SSSR count). The summed E-state index contributed by atoms with van der Waals surface area (Å²) in [6, 6.07) is 0. The molecular weight excluding hydrogens is 310 g/mol. The highest BCUT2D eigenvalue weighted by Crippen LogP contribution is 2.33. The zero-order valence-corrected chi connectivity index (χ0v) is 13.1. The van der Waals surface area contributed by atoms with Crippen LogP contribution >= 0.6 is 0 Å². The lowest BCUT2D eigenvalue weighted by atomic mass is 9.96. The normalized spacial score (nSPS) is 23.6. The summed E-state index contributed by atoms with van der Waals surface area (Å²) in [5, 5.41) is 0. The Balaban J connectivity index is 1.57. The Hall–Kier alpha value is -1.11. The second kappa shape index (κ2) is 6.79. The first kappa shape index (κ1) is 16.7. The Kier molecular flexibility index (Phi) is 4.94. The summed E-state index contributed by atoms with van der Waals surface area (Å²) >= 11 is 0. The molecule has 0 aromatic carbocycles. The Bertz CT molecular complexity index is 513. The van der Waals surface area contributed by atoms with E-state index in [4.69, 9.17) is 0 Å². The summed E-state index contributed by atoms with van der Waals surface area (Å²) in [5.74, 6) is -1.93. The standard InChI is InChI=1S/C16H23F4N3/c17-15(18)16(19,20)5-8-22-7-1-2-13(11-22)14-21-6-9-23(14)10-12-3-4-12/h6,9,12-13,15H,1-5,7-8,10-11H2/t13-/m1/s1. The van der Waals surface area contributed by atoms with Crippen molar-refractivity contribution in [2.24, 2.45) is 5.92 Å². The lowest BCUT2D eigenvalue weighted by Crippen LogP contribution is -2.39. The molecule has 1 aromatic heterocycles. The highest BCUT2D eigenvalue weighted by atomic mass is 19.3. The quantitative estimate of drug-likeness (QED) is 0.709. The first-order valence-electron chi connectivity index (χ1n) is 8.35. The Morgan fingerprint density at radius 3 is 2.74 bits per heavy atom. The molecule has 3 nitrogen and oxygen atoms in total. The highest BCUT2D eigenvalue weighted by Gasteiger charge is 2.40. The van der Waals surface area contributed by atoms with E-state index >= 15 is 0 Å². The van der Waals surface area contributed by atoms with Crippen LogP contribution in [0.25, 0.3) is 0 Å². The maximum absolute atomic E-state index is 13.1. The zero-order chi connectivity index (χ0) is 16.4. The molecule has 130 valence electrons. The number of likely N-dealkylation sites (tertiary alicyclic amines) is 1. The van der Waals surface area contributed by atoms with Crippen molar-refractivity contribution in [3.63, 3.8) is 0 Å². The second-order valence-corrected chi connectivity index (χ2v) is 6.83. The van der Waals surface area contributed by atoms with Gasteiger partial charge in [0, 0.05) is 44.4 Å². The van der Waals surface area contributed by atoms with Gasteiger partial charge < -0.3 is 9.47 Å². The van der Waals surface area contributed by atoms with Crippen LogP contribution in [0.3, 0.4) is 0 Å². The smallest absolute Gasteiger partial charge is 0.308 e. The van der Waals surface area contributed by atoms with Crippen LogP contribution in [0.1, 0.15) is 43.8 Å². The highest BCUT2D eigenvalue weighted by molar-refractivity contribution is 5.04. The number of alkyl halides is 4. The molecule has 0 spiro atoms. The van der Waals surface area contributed by atoms with Gasteiger partial charge in [0.05, 0.1) is 0 Å². The number of imidazole rings is 1. The lowest BCUT2D eigenvalue weighted by Gasteiger charge is -2.33. The summed E-state index contributed by atoms with van der Waals surface area (Å²) in [5.41, 5.74) is 0. The van der Waals surface area contributed by atoms with E-state index in [1.54, 1.807) is 6.20 Å². The van der Waals surface area contributed by atoms with Crippen LogP contribution in [0.4, 0.5) is 17.6 Å². The van der Waals surface area contributed by atoms with Crippen molar-refractivity contribution in [3.8, 4) is 0 Å². The van der Waals surface area contributed by atoms with Crippen LogP contribution < -0.4 is 0 Å². The van der Waals surface area contributed by atoms with E-state index in [-0.39, 0.29) is 12.5 Å². The zero-order valence-electron chi connectivity index (χ0n) is 13.1. The number of hydrogen-bond acceptors (Lipinski definition) is 2. The van der Waals surface area contributed by atoms with Gasteiger partial charge in [-0.2, -0.15) is 0 Å². The molecule has 7 heteroatoms. The third-order valence-corrected chi connectivity index (χ3v) is 4.85. The van der Waals surface area contributed by atoms with Gasteiger partial charge in [-0.1, -0.05) is 0 Å². The molecule has 1 aromatic rings. The van der Waals surface area contributed by atoms with Crippen molar-refractivity contribution in [1.29, 1.82) is 0 Å². The molecule has 1 aliphatic carbocycles. The maximum Gasteiger partial charge on any atom is 0.308 e. The molecule has 2 aliphatic rings. The van der Waals surface area contributed by atoms with Crippen molar-refractivity contribution in [1.82, 2.24) is 14.5 Å². The fourth-order valence-corrected chi connectivity index (χ4v) is 3.30. The van der Waals surface area contributed by atoms with Gasteiger partial charge in [0.2, 0.25) is 0 Å². The van der Waals surface area contributed by atoms with Gasteiger partial charge in [-0.3, -0.25) is 0 Å². The number of hydrogen-bond donors (Lipinski definition) is 0. The van der Waals surface area contributed by atoms with Crippen LogP contribution in [-0.4, -0.2) is 46.4 Å². The van der Waals surface area contributed by atoms with Gasteiger partial charge in [0.15, 0.2) is 0 Å². The molecule has 1 aliphatic heterocycles. The van der Waals surface area contributed by atoms with E-state index in [2.05, 4.69) is 9.55 Å². The minimum absolute atomic E-state index is 0.0111. The average molecular weight is 333 g/mol. The molecule has 2 fully saturated rings. The minimum atomic E-state index is -3.89. The van der Waals surface area contributed by atoms with Crippen molar-refractivity contribution in [2.75, 3.05) is 19.6 Å². The largest absolute Gasteiger partial charge is 0.334 e. The first-order valence-corrected chi connectivity index (χ1v) is 8.35. The molecule has 23 heavy (non-hydrogen) atoms. The van der Waals surface area contributed by atoms with E-state index in [9.17, 15) is 17.6 Å². The molecule has 2 heterocycles. The third-order valence-electron chi connectivity index (χ3n) is 4.85. The monoisotopic (exact) mass is 333 g/mol. The molecule has 1 atom stereocenters. The Labute approximate surface area is 133 Å². The van der Waals surface area contributed by atoms with E-state index in [0.29, 0.717) is 13.1 Å². The first-order chi connectivity index (χ1) is 11.0. The minimum Gasteiger partial charge on any atom is -0.334 e. The molecule has 1 saturated carbocycles. The number of aromatic nitrogens is 2. The van der Waals surface area contributed by atoms with E-state index < -0.39 is 18.8 Å². The third kappa shape index (κ3) is 4.25. The van der Waals surface area contributed by atoms with Crippen LogP contribution in [0, 0.1) is 5.92 Å². The number of piperidine rings is 1. The predicted octanol–water partition coefficient (Wildman–Crippen LogP) is 3.76. The Morgan fingerprint density at radius 1 is 1.26 bits per heavy atom. The van der Waals surface area contributed by atoms with E-state index in [1.807, 2.05) is 11.1 Å². The average Bonchev–Trinajstić information content (AvgIpc) is 3.21. The van der Waals surface area contributed by atoms with Crippen molar-refractivity contribution >= 4 is 0 Å². The van der Waals surface area contributed by atoms with E-state index in [0.717, 1.165) is 31.1 Å². The summed E-state index contributed by atoms with van der Waals surface area (Å²) < 4.78 is 52.9. The molecule has 0 radical (unpaired) electrons. The van der Waals surface area contributed by atoms with Crippen molar-refractivity contribution in [3.05, 3.63) is 18.2 Å². The number of rotatable bonds is 7. The molecule has 0 unspecified atom stereocenters. The van der Waals surface area contributed by atoms with Gasteiger partial charge in [-0.25, -0.2) is 22.5 Å². The summed E-state index contributed by atoms with van der Waals surface area (Å²) in [6.45, 7) is 2.31. The molecular formula is C16H23F4N3. The SMILES string of the molecule is FC(F)C(F)(F)CCN1CCC[C@@H](c2nccn2CC2CC2)C1. The van der Waals surface area contributed by atoms with Crippen LogP contribution in [-0.2, 0) is 6.54 Å². The molecule has 0 bridgehead atoms. The van der Waals surface area contributed by atoms with Gasteiger partial charge in [-0.05, 0) is 38.1 Å². The van der Waals surface area contributed by atoms with E-state index in [1.165, 1.54) is 12.8 Å². The molecule has 0 N–H and O–H groups in total. The topological polar surface area (TPSA) is 21.1 Å². The van der Waals surface area contributed by atoms with Gasteiger partial charge in [0.1, 0.15) is 5.82 Å². The van der Waals surface area contributed by atoms with Crippen molar-refractivity contribution in [2.45, 2.75) is 56.9 Å². The molecule has 1 saturated heterocycles.